The molecule has 0 aliphatic rings. The molecule has 0 saturated heterocycles. The average molecular weight is 341 g/mol. The Bertz CT molecular complexity index is 762. The van der Waals surface area contributed by atoms with Gasteiger partial charge in [0, 0.05) is 43.2 Å². The van der Waals surface area contributed by atoms with Gasteiger partial charge in [-0.25, -0.2) is 4.79 Å². The van der Waals surface area contributed by atoms with Crippen LogP contribution in [0.3, 0.4) is 0 Å². The summed E-state index contributed by atoms with van der Waals surface area (Å²) in [4.78, 5) is 23.3. The van der Waals surface area contributed by atoms with E-state index in [0.717, 1.165) is 16.8 Å². The maximum atomic E-state index is 12.0. The summed E-state index contributed by atoms with van der Waals surface area (Å²) < 4.78 is 1.76. The van der Waals surface area contributed by atoms with E-state index in [4.69, 9.17) is 0 Å². The number of amides is 3. The Morgan fingerprint density at radius 3 is 2.52 bits per heavy atom. The third-order valence-corrected chi connectivity index (χ3v) is 3.70. The lowest BCUT2D eigenvalue weighted by Gasteiger charge is -2.07. The number of carbonyl (C=O) groups excluding carboxylic acids is 2. The molecule has 2 rings (SSSR count). The van der Waals surface area contributed by atoms with Crippen LogP contribution in [-0.2, 0) is 18.4 Å². The topological polar surface area (TPSA) is 88.1 Å². The van der Waals surface area contributed by atoms with E-state index < -0.39 is 0 Å². The smallest absolute Gasteiger partial charge is 0.315 e. The molecule has 0 unspecified atom stereocenters. The number of aromatic nitrogens is 2. The Kier molecular flexibility index (Phi) is 6.33. The number of urea groups is 1. The predicted octanol–water partition coefficient (Wildman–Crippen LogP) is 2.20. The number of benzene rings is 1. The first kappa shape index (κ1) is 18.3. The molecule has 1 heterocycles. The molecule has 0 fully saturated rings. The largest absolute Gasteiger partial charge is 0.338 e. The lowest BCUT2D eigenvalue weighted by Crippen LogP contribution is -2.34. The van der Waals surface area contributed by atoms with Gasteiger partial charge in [0.15, 0.2) is 0 Å². The second-order valence-corrected chi connectivity index (χ2v) is 5.54. The van der Waals surface area contributed by atoms with E-state index in [1.807, 2.05) is 33.0 Å². The average Bonchev–Trinajstić information content (AvgIpc) is 2.91. The summed E-state index contributed by atoms with van der Waals surface area (Å²) in [6, 6.07) is 7.12. The predicted molar refractivity (Wildman–Crippen MR) is 98.0 cm³/mol. The minimum Gasteiger partial charge on any atom is -0.338 e. The summed E-state index contributed by atoms with van der Waals surface area (Å²) >= 11 is 0. The lowest BCUT2D eigenvalue weighted by atomic mass is 10.2. The molecule has 7 nitrogen and oxygen atoms in total. The van der Waals surface area contributed by atoms with E-state index in [0.29, 0.717) is 18.8 Å². The summed E-state index contributed by atoms with van der Waals surface area (Å²) in [5, 5.41) is 12.3. The molecule has 7 heteroatoms. The number of hydrogen-bond acceptors (Lipinski definition) is 3. The van der Waals surface area contributed by atoms with E-state index in [1.54, 1.807) is 29.1 Å². The van der Waals surface area contributed by atoms with Crippen LogP contribution in [0.25, 0.3) is 6.08 Å². The van der Waals surface area contributed by atoms with Crippen molar-refractivity contribution < 1.29 is 9.59 Å². The maximum absolute atomic E-state index is 12.0. The highest BCUT2D eigenvalue weighted by molar-refractivity contribution is 6.01. The summed E-state index contributed by atoms with van der Waals surface area (Å²) in [5.41, 5.74) is 3.54. The summed E-state index contributed by atoms with van der Waals surface area (Å²) in [6.07, 6.45) is 4.94. The van der Waals surface area contributed by atoms with Crippen molar-refractivity contribution in [3.8, 4) is 0 Å². The number of carbonyl (C=O) groups is 2. The minimum absolute atomic E-state index is 0.198. The number of anilines is 1. The van der Waals surface area contributed by atoms with E-state index in [9.17, 15) is 9.59 Å². The molecular formula is C18H23N5O2. The number of nitrogens with zero attached hydrogens (tertiary/aromatic N) is 2. The van der Waals surface area contributed by atoms with Gasteiger partial charge in [-0.15, -0.1) is 0 Å². The molecule has 1 aromatic carbocycles. The van der Waals surface area contributed by atoms with E-state index >= 15 is 0 Å². The fraction of sp³-hybridized carbons (Fsp3) is 0.278. The van der Waals surface area contributed by atoms with Crippen molar-refractivity contribution in [2.24, 2.45) is 7.05 Å². The molecule has 2 aromatic rings. The van der Waals surface area contributed by atoms with Crippen LogP contribution in [0.1, 0.15) is 23.7 Å². The van der Waals surface area contributed by atoms with Gasteiger partial charge in [-0.1, -0.05) is 12.1 Å². The first-order valence-electron chi connectivity index (χ1n) is 8.08. The van der Waals surface area contributed by atoms with Crippen molar-refractivity contribution in [3.05, 3.63) is 53.4 Å². The molecule has 0 radical (unpaired) electrons. The second-order valence-electron chi connectivity index (χ2n) is 5.54. The van der Waals surface area contributed by atoms with Crippen molar-refractivity contribution in [3.63, 3.8) is 0 Å². The van der Waals surface area contributed by atoms with Gasteiger partial charge in [0.1, 0.15) is 0 Å². The van der Waals surface area contributed by atoms with E-state index in [-0.39, 0.29) is 11.9 Å². The number of nitrogens with one attached hydrogen (secondary N) is 3. The van der Waals surface area contributed by atoms with Crippen LogP contribution in [-0.4, -0.2) is 28.3 Å². The maximum Gasteiger partial charge on any atom is 0.315 e. The van der Waals surface area contributed by atoms with Crippen molar-refractivity contribution in [1.82, 2.24) is 20.4 Å². The first-order chi connectivity index (χ1) is 12.0. The zero-order valence-corrected chi connectivity index (χ0v) is 14.7. The van der Waals surface area contributed by atoms with Gasteiger partial charge in [-0.2, -0.15) is 5.10 Å². The van der Waals surface area contributed by atoms with Crippen molar-refractivity contribution in [2.75, 3.05) is 11.9 Å². The second kappa shape index (κ2) is 8.68. The molecule has 0 atom stereocenters. The van der Waals surface area contributed by atoms with Crippen LogP contribution in [0.5, 0.6) is 0 Å². The van der Waals surface area contributed by atoms with Crippen LogP contribution < -0.4 is 16.0 Å². The molecule has 0 aliphatic carbocycles. The monoisotopic (exact) mass is 341 g/mol. The Morgan fingerprint density at radius 2 is 1.92 bits per heavy atom. The highest BCUT2D eigenvalue weighted by Gasteiger charge is 2.03. The molecule has 0 bridgehead atoms. The molecule has 25 heavy (non-hydrogen) atoms. The Hall–Kier alpha value is -3.09. The van der Waals surface area contributed by atoms with Gasteiger partial charge >= 0.3 is 6.03 Å². The van der Waals surface area contributed by atoms with Crippen LogP contribution >= 0.6 is 0 Å². The summed E-state index contributed by atoms with van der Waals surface area (Å²) in [5.74, 6) is -0.212. The molecule has 1 aromatic heterocycles. The number of hydrogen-bond donors (Lipinski definition) is 3. The molecule has 0 spiro atoms. The highest BCUT2D eigenvalue weighted by Crippen LogP contribution is 2.11. The Balaban J connectivity index is 1.87. The lowest BCUT2D eigenvalue weighted by molar-refractivity contribution is -0.111. The minimum atomic E-state index is -0.212. The number of rotatable bonds is 6. The number of aryl methyl sites for hydroxylation is 1. The summed E-state index contributed by atoms with van der Waals surface area (Å²) in [7, 11) is 1.86. The zero-order chi connectivity index (χ0) is 18.2. The highest BCUT2D eigenvalue weighted by atomic mass is 16.2. The molecule has 3 amide bonds. The van der Waals surface area contributed by atoms with Crippen LogP contribution in [0.2, 0.25) is 0 Å². The normalized spacial score (nSPS) is 10.7. The molecule has 0 saturated carbocycles. The van der Waals surface area contributed by atoms with Crippen LogP contribution in [0.15, 0.2) is 36.5 Å². The standard InChI is InChI=1S/C18H23N5O2/c1-4-19-18(25)20-11-14-5-8-16(9-6-14)22-17(24)10-7-15-12-21-23(3)13(15)2/h5-10,12H,4,11H2,1-3H3,(H,22,24)(H2,19,20,25). The molecular weight excluding hydrogens is 318 g/mol. The Labute approximate surface area is 147 Å². The van der Waals surface area contributed by atoms with Crippen molar-refractivity contribution >= 4 is 23.7 Å². The Morgan fingerprint density at radius 1 is 1.20 bits per heavy atom. The quantitative estimate of drug-likeness (QED) is 0.704. The SMILES string of the molecule is CCNC(=O)NCc1ccc(NC(=O)C=Cc2cnn(C)c2C)cc1. The van der Waals surface area contributed by atoms with Gasteiger partial charge in [-0.05, 0) is 37.6 Å². The fourth-order valence-electron chi connectivity index (χ4n) is 2.14. The third-order valence-electron chi connectivity index (χ3n) is 3.70. The third kappa shape index (κ3) is 5.49. The van der Waals surface area contributed by atoms with E-state index in [2.05, 4.69) is 21.0 Å². The summed E-state index contributed by atoms with van der Waals surface area (Å²) in [6.45, 7) is 4.82. The van der Waals surface area contributed by atoms with Gasteiger partial charge in [-0.3, -0.25) is 9.48 Å². The van der Waals surface area contributed by atoms with Gasteiger partial charge in [0.2, 0.25) is 5.91 Å². The van der Waals surface area contributed by atoms with Gasteiger partial charge in [0.25, 0.3) is 0 Å². The van der Waals surface area contributed by atoms with Crippen molar-refractivity contribution in [2.45, 2.75) is 20.4 Å². The molecule has 3 N–H and O–H groups in total. The molecule has 0 aliphatic heterocycles. The zero-order valence-electron chi connectivity index (χ0n) is 14.7. The van der Waals surface area contributed by atoms with Gasteiger partial charge in [0.05, 0.1) is 6.20 Å². The molecule has 132 valence electrons. The fourth-order valence-corrected chi connectivity index (χ4v) is 2.14. The van der Waals surface area contributed by atoms with Crippen LogP contribution in [0, 0.1) is 6.92 Å². The van der Waals surface area contributed by atoms with Crippen LogP contribution in [0.4, 0.5) is 10.5 Å². The van der Waals surface area contributed by atoms with Gasteiger partial charge < -0.3 is 16.0 Å². The van der Waals surface area contributed by atoms with Crippen molar-refractivity contribution in [1.29, 1.82) is 0 Å². The first-order valence-corrected chi connectivity index (χ1v) is 8.08. The van der Waals surface area contributed by atoms with E-state index in [1.165, 1.54) is 6.08 Å².